The molecule has 0 amide bonds. The van der Waals surface area contributed by atoms with E-state index in [0.29, 0.717) is 0 Å². The number of hydrogen-bond acceptors (Lipinski definition) is 1. The van der Waals surface area contributed by atoms with Crippen LogP contribution in [0.4, 0.5) is 0 Å². The van der Waals surface area contributed by atoms with Crippen molar-refractivity contribution in [3.8, 4) is 0 Å². The Bertz CT molecular complexity index is 96.3. The molecule has 1 nitrogen and oxygen atoms in total. The first-order valence-corrected chi connectivity index (χ1v) is 2.77. The lowest BCUT2D eigenvalue weighted by Crippen LogP contribution is -1.75. The number of rotatable bonds is 1. The molecule has 0 saturated heterocycles. The van der Waals surface area contributed by atoms with Crippen LogP contribution in [0.2, 0.25) is 0 Å². The van der Waals surface area contributed by atoms with Gasteiger partial charge >= 0.3 is 0 Å². The number of allylic oxidation sites excluding steroid dienone is 1. The van der Waals surface area contributed by atoms with Crippen molar-refractivity contribution < 1.29 is 0 Å². The lowest BCUT2D eigenvalue weighted by molar-refractivity contribution is 1.32. The predicted molar refractivity (Wildman–Crippen MR) is 38.2 cm³/mol. The molecule has 0 aliphatic rings. The minimum atomic E-state index is 1.10. The van der Waals surface area contributed by atoms with E-state index in [1.807, 2.05) is 33.9 Å². The van der Waals surface area contributed by atoms with Crippen LogP contribution in [0.3, 0.4) is 0 Å². The number of aliphatic imine (C=N–C) groups is 1. The molecule has 0 aliphatic carbocycles. The van der Waals surface area contributed by atoms with Gasteiger partial charge in [0.1, 0.15) is 0 Å². The lowest BCUT2D eigenvalue weighted by Gasteiger charge is -1.84. The van der Waals surface area contributed by atoms with E-state index in [4.69, 9.17) is 0 Å². The Morgan fingerprint density at radius 1 is 1.12 bits per heavy atom. The van der Waals surface area contributed by atoms with Crippen molar-refractivity contribution in [2.24, 2.45) is 4.99 Å². The summed E-state index contributed by atoms with van der Waals surface area (Å²) in [4.78, 5) is 4.08. The molecule has 0 bridgehead atoms. The van der Waals surface area contributed by atoms with E-state index >= 15 is 0 Å². The molecule has 1 heteroatoms. The first-order valence-electron chi connectivity index (χ1n) is 2.77. The third-order valence-electron chi connectivity index (χ3n) is 0.581. The molecular weight excluding hydrogens is 98.1 g/mol. The third kappa shape index (κ3) is 5.41. The van der Waals surface area contributed by atoms with Gasteiger partial charge in [0.15, 0.2) is 0 Å². The van der Waals surface area contributed by atoms with Crippen molar-refractivity contribution in [2.75, 3.05) is 0 Å². The fourth-order valence-electron chi connectivity index (χ4n) is 0.258. The van der Waals surface area contributed by atoms with Crippen molar-refractivity contribution >= 4 is 5.71 Å². The molecule has 0 fully saturated rings. The highest BCUT2D eigenvalue weighted by Crippen LogP contribution is 1.88. The van der Waals surface area contributed by atoms with Crippen molar-refractivity contribution in [1.29, 1.82) is 0 Å². The van der Waals surface area contributed by atoms with Gasteiger partial charge in [0.05, 0.1) is 0 Å². The van der Waals surface area contributed by atoms with Crippen LogP contribution in [0, 0.1) is 0 Å². The molecule has 0 spiro atoms. The van der Waals surface area contributed by atoms with Gasteiger partial charge in [-0.25, -0.2) is 0 Å². The Kier molecular flexibility index (Phi) is 3.16. The van der Waals surface area contributed by atoms with Crippen LogP contribution >= 0.6 is 0 Å². The van der Waals surface area contributed by atoms with Crippen molar-refractivity contribution in [3.63, 3.8) is 0 Å². The quantitative estimate of drug-likeness (QED) is 0.461. The smallest absolute Gasteiger partial charge is 0.0253 e. The third-order valence-corrected chi connectivity index (χ3v) is 0.581. The zero-order valence-electron chi connectivity index (χ0n) is 6.02. The standard InChI is InChI=1S/C7H13N/c1-6(2)5-8-7(3)4/h5H,1-4H3. The summed E-state index contributed by atoms with van der Waals surface area (Å²) in [5.41, 5.74) is 2.34. The van der Waals surface area contributed by atoms with Crippen molar-refractivity contribution in [3.05, 3.63) is 11.8 Å². The van der Waals surface area contributed by atoms with Gasteiger partial charge in [-0.3, -0.25) is 4.99 Å². The van der Waals surface area contributed by atoms with Crippen LogP contribution in [-0.2, 0) is 0 Å². The monoisotopic (exact) mass is 111 g/mol. The summed E-state index contributed by atoms with van der Waals surface area (Å²) in [7, 11) is 0. The molecule has 0 heterocycles. The fourth-order valence-corrected chi connectivity index (χ4v) is 0.258. The second-order valence-corrected chi connectivity index (χ2v) is 2.28. The van der Waals surface area contributed by atoms with Crippen molar-refractivity contribution in [2.45, 2.75) is 27.7 Å². The Balaban J connectivity index is 3.76. The van der Waals surface area contributed by atoms with E-state index in [0.717, 1.165) is 5.71 Å². The topological polar surface area (TPSA) is 12.4 Å². The van der Waals surface area contributed by atoms with E-state index in [2.05, 4.69) is 4.99 Å². The number of hydrogen-bond donors (Lipinski definition) is 0. The largest absolute Gasteiger partial charge is 0.266 e. The molecule has 0 unspecified atom stereocenters. The number of nitrogens with zero attached hydrogens (tertiary/aromatic N) is 1. The van der Waals surface area contributed by atoms with Gasteiger partial charge in [-0.2, -0.15) is 0 Å². The predicted octanol–water partition coefficient (Wildman–Crippen LogP) is 2.39. The van der Waals surface area contributed by atoms with Gasteiger partial charge in [-0.05, 0) is 27.7 Å². The molecule has 8 heavy (non-hydrogen) atoms. The van der Waals surface area contributed by atoms with Crippen LogP contribution in [0.25, 0.3) is 0 Å². The highest BCUT2D eigenvalue weighted by Gasteiger charge is 1.72. The fraction of sp³-hybridized carbons (Fsp3) is 0.571. The minimum Gasteiger partial charge on any atom is -0.266 e. The summed E-state index contributed by atoms with van der Waals surface area (Å²) in [6.45, 7) is 8.04. The summed E-state index contributed by atoms with van der Waals surface area (Å²) >= 11 is 0. The van der Waals surface area contributed by atoms with Crippen LogP contribution in [0.5, 0.6) is 0 Å². The Hall–Kier alpha value is -0.590. The minimum absolute atomic E-state index is 1.10. The van der Waals surface area contributed by atoms with Crippen molar-refractivity contribution in [1.82, 2.24) is 0 Å². The van der Waals surface area contributed by atoms with E-state index in [9.17, 15) is 0 Å². The van der Waals surface area contributed by atoms with Crippen LogP contribution in [0.1, 0.15) is 27.7 Å². The molecular formula is C7H13N. The molecule has 0 atom stereocenters. The maximum atomic E-state index is 4.08. The van der Waals surface area contributed by atoms with Gasteiger partial charge in [-0.15, -0.1) is 0 Å². The molecule has 0 aliphatic heterocycles. The lowest BCUT2D eigenvalue weighted by atomic mass is 10.4. The molecule has 0 aromatic rings. The van der Waals surface area contributed by atoms with E-state index in [1.54, 1.807) is 0 Å². The molecule has 0 saturated carbocycles. The summed E-state index contributed by atoms with van der Waals surface area (Å²) in [6.07, 6.45) is 1.87. The summed E-state index contributed by atoms with van der Waals surface area (Å²) in [5.74, 6) is 0. The molecule has 46 valence electrons. The van der Waals surface area contributed by atoms with Crippen LogP contribution in [0.15, 0.2) is 16.8 Å². The molecule has 0 aromatic heterocycles. The molecule has 0 radical (unpaired) electrons. The van der Waals surface area contributed by atoms with E-state index in [-0.39, 0.29) is 0 Å². The second kappa shape index (κ2) is 3.42. The summed E-state index contributed by atoms with van der Waals surface area (Å²) < 4.78 is 0. The van der Waals surface area contributed by atoms with Gasteiger partial charge in [0.2, 0.25) is 0 Å². The Labute approximate surface area is 51.1 Å². The Morgan fingerprint density at radius 2 is 1.62 bits per heavy atom. The van der Waals surface area contributed by atoms with Crippen LogP contribution in [-0.4, -0.2) is 5.71 Å². The average Bonchev–Trinajstić information content (AvgIpc) is 1.61. The SMILES string of the molecule is CC(C)=CN=C(C)C. The highest BCUT2D eigenvalue weighted by molar-refractivity contribution is 5.79. The maximum Gasteiger partial charge on any atom is 0.0253 e. The average molecular weight is 111 g/mol. The zero-order chi connectivity index (χ0) is 6.57. The van der Waals surface area contributed by atoms with Gasteiger partial charge in [-0.1, -0.05) is 5.57 Å². The first kappa shape index (κ1) is 7.41. The van der Waals surface area contributed by atoms with Gasteiger partial charge in [0.25, 0.3) is 0 Å². The van der Waals surface area contributed by atoms with E-state index < -0.39 is 0 Å². The normalized spacial score (nSPS) is 8.00. The van der Waals surface area contributed by atoms with Gasteiger partial charge < -0.3 is 0 Å². The highest BCUT2D eigenvalue weighted by atomic mass is 14.7. The zero-order valence-corrected chi connectivity index (χ0v) is 6.02. The first-order chi connectivity index (χ1) is 3.63. The van der Waals surface area contributed by atoms with Crippen LogP contribution < -0.4 is 0 Å². The summed E-state index contributed by atoms with van der Waals surface area (Å²) in [5, 5.41) is 0. The molecule has 0 rings (SSSR count). The maximum absolute atomic E-state index is 4.08. The Morgan fingerprint density at radius 3 is 1.75 bits per heavy atom. The molecule has 0 N–H and O–H groups in total. The van der Waals surface area contributed by atoms with Gasteiger partial charge in [0, 0.05) is 11.9 Å². The molecule has 0 aromatic carbocycles. The summed E-state index contributed by atoms with van der Waals surface area (Å²) in [6, 6.07) is 0. The second-order valence-electron chi connectivity index (χ2n) is 2.28. The van der Waals surface area contributed by atoms with E-state index in [1.165, 1.54) is 5.57 Å².